The molecular formula is C10H11ClN4OS. The van der Waals surface area contributed by atoms with Gasteiger partial charge < -0.3 is 0 Å². The molecule has 90 valence electrons. The lowest BCUT2D eigenvalue weighted by atomic mass is 10.4. The maximum absolute atomic E-state index is 11.3. The minimum absolute atomic E-state index is 0.282. The Labute approximate surface area is 107 Å². The van der Waals surface area contributed by atoms with Crippen molar-refractivity contribution in [3.8, 4) is 0 Å². The molecule has 0 atom stereocenters. The largest absolute Gasteiger partial charge is 0.289 e. The molecule has 0 aliphatic carbocycles. The summed E-state index contributed by atoms with van der Waals surface area (Å²) in [5.41, 5.74) is 2.89. The van der Waals surface area contributed by atoms with Gasteiger partial charge in [-0.05, 0) is 19.1 Å². The fourth-order valence-corrected chi connectivity index (χ4v) is 2.44. The molecular weight excluding hydrogens is 260 g/mol. The number of carbonyl (C=O) groups excluding carboxylic acids is 1. The lowest BCUT2D eigenvalue weighted by molar-refractivity contribution is 0.0957. The molecule has 0 unspecified atom stereocenters. The van der Waals surface area contributed by atoms with Crippen molar-refractivity contribution in [2.24, 2.45) is 5.84 Å². The maximum atomic E-state index is 11.3. The Morgan fingerprint density at radius 3 is 3.00 bits per heavy atom. The second-order valence-electron chi connectivity index (χ2n) is 3.50. The number of hydrogen-bond donors (Lipinski definition) is 2. The van der Waals surface area contributed by atoms with Crippen LogP contribution in [0, 0.1) is 6.92 Å². The van der Waals surface area contributed by atoms with E-state index in [-0.39, 0.29) is 5.91 Å². The minimum Gasteiger partial charge on any atom is -0.289 e. The number of thiophene rings is 1. The first-order valence-corrected chi connectivity index (χ1v) is 6.09. The van der Waals surface area contributed by atoms with E-state index in [1.54, 1.807) is 16.9 Å². The molecule has 0 aliphatic rings. The lowest BCUT2D eigenvalue weighted by Crippen LogP contribution is -2.29. The zero-order chi connectivity index (χ0) is 12.4. The third-order valence-corrected chi connectivity index (χ3v) is 3.66. The predicted molar refractivity (Wildman–Crippen MR) is 67.0 cm³/mol. The number of nitrogens with one attached hydrogen (secondary N) is 1. The Morgan fingerprint density at radius 1 is 1.65 bits per heavy atom. The van der Waals surface area contributed by atoms with Crippen LogP contribution in [0.5, 0.6) is 0 Å². The van der Waals surface area contributed by atoms with E-state index in [0.29, 0.717) is 16.4 Å². The van der Waals surface area contributed by atoms with E-state index in [0.717, 1.165) is 10.6 Å². The number of hydrazine groups is 1. The highest BCUT2D eigenvalue weighted by Gasteiger charge is 2.09. The summed E-state index contributed by atoms with van der Waals surface area (Å²) in [6, 6.07) is 3.61. The predicted octanol–water partition coefficient (Wildman–Crippen LogP) is 1.56. The summed E-state index contributed by atoms with van der Waals surface area (Å²) in [5, 5.41) is 4.89. The highest BCUT2D eigenvalue weighted by molar-refractivity contribution is 7.14. The van der Waals surface area contributed by atoms with Crippen LogP contribution in [-0.2, 0) is 6.54 Å². The first-order valence-electron chi connectivity index (χ1n) is 4.89. The number of rotatable bonds is 3. The summed E-state index contributed by atoms with van der Waals surface area (Å²) >= 11 is 7.29. The quantitative estimate of drug-likeness (QED) is 0.505. The highest BCUT2D eigenvalue weighted by Crippen LogP contribution is 2.19. The second kappa shape index (κ2) is 4.87. The normalized spacial score (nSPS) is 10.5. The zero-order valence-electron chi connectivity index (χ0n) is 9.11. The van der Waals surface area contributed by atoms with Crippen LogP contribution in [0.3, 0.4) is 0 Å². The molecule has 0 fully saturated rings. The van der Waals surface area contributed by atoms with Crippen LogP contribution < -0.4 is 11.3 Å². The van der Waals surface area contributed by atoms with Gasteiger partial charge in [0.2, 0.25) is 0 Å². The summed E-state index contributed by atoms with van der Waals surface area (Å²) < 4.78 is 1.74. The topological polar surface area (TPSA) is 72.9 Å². The van der Waals surface area contributed by atoms with Crippen molar-refractivity contribution in [1.29, 1.82) is 0 Å². The van der Waals surface area contributed by atoms with Gasteiger partial charge in [-0.3, -0.25) is 14.9 Å². The molecule has 5 nitrogen and oxygen atoms in total. The molecule has 2 aromatic heterocycles. The van der Waals surface area contributed by atoms with Gasteiger partial charge >= 0.3 is 0 Å². The molecule has 1 amide bonds. The standard InChI is InChI=1S/C10H11ClN4OS/c1-6-8(11)5-15(14-6)4-7-2-3-9(17-7)10(16)13-12/h2-3,5H,4,12H2,1H3,(H,13,16). The minimum atomic E-state index is -0.282. The number of nitrogen functional groups attached to an aromatic ring is 1. The molecule has 7 heteroatoms. The van der Waals surface area contributed by atoms with E-state index >= 15 is 0 Å². The van der Waals surface area contributed by atoms with Gasteiger partial charge in [-0.15, -0.1) is 11.3 Å². The van der Waals surface area contributed by atoms with E-state index in [1.807, 2.05) is 13.0 Å². The third kappa shape index (κ3) is 2.66. The molecule has 0 radical (unpaired) electrons. The van der Waals surface area contributed by atoms with Crippen LogP contribution in [-0.4, -0.2) is 15.7 Å². The molecule has 17 heavy (non-hydrogen) atoms. The van der Waals surface area contributed by atoms with Crippen molar-refractivity contribution >= 4 is 28.8 Å². The van der Waals surface area contributed by atoms with Crippen molar-refractivity contribution in [2.75, 3.05) is 0 Å². The molecule has 0 aliphatic heterocycles. The summed E-state index contributed by atoms with van der Waals surface area (Å²) in [5.74, 6) is 4.78. The lowest BCUT2D eigenvalue weighted by Gasteiger charge is -1.97. The van der Waals surface area contributed by atoms with Crippen LogP contribution >= 0.6 is 22.9 Å². The van der Waals surface area contributed by atoms with E-state index in [9.17, 15) is 4.79 Å². The van der Waals surface area contributed by atoms with Crippen molar-refractivity contribution < 1.29 is 4.79 Å². The van der Waals surface area contributed by atoms with Gasteiger partial charge in [-0.1, -0.05) is 11.6 Å². The van der Waals surface area contributed by atoms with Crippen LogP contribution in [0.4, 0.5) is 0 Å². The highest BCUT2D eigenvalue weighted by atomic mass is 35.5. The molecule has 2 rings (SSSR count). The molecule has 0 aromatic carbocycles. The Bertz CT molecular complexity index is 529. The Kier molecular flexibility index (Phi) is 3.46. The molecule has 2 aromatic rings. The van der Waals surface area contributed by atoms with Crippen LogP contribution in [0.1, 0.15) is 20.2 Å². The SMILES string of the molecule is Cc1nn(Cc2ccc(C(=O)NN)s2)cc1Cl. The number of nitrogens with two attached hydrogens (primary N) is 1. The van der Waals surface area contributed by atoms with Crippen molar-refractivity contribution in [3.63, 3.8) is 0 Å². The third-order valence-electron chi connectivity index (χ3n) is 2.22. The van der Waals surface area contributed by atoms with Crippen LogP contribution in [0.25, 0.3) is 0 Å². The fourth-order valence-electron chi connectivity index (χ4n) is 1.39. The first kappa shape index (κ1) is 12.1. The van der Waals surface area contributed by atoms with Gasteiger partial charge in [0.1, 0.15) is 0 Å². The first-order chi connectivity index (χ1) is 8.10. The zero-order valence-corrected chi connectivity index (χ0v) is 10.7. The van der Waals surface area contributed by atoms with Gasteiger partial charge in [0.15, 0.2) is 0 Å². The van der Waals surface area contributed by atoms with E-state index in [2.05, 4.69) is 10.5 Å². The van der Waals surface area contributed by atoms with E-state index in [4.69, 9.17) is 17.4 Å². The molecule has 0 saturated heterocycles. The van der Waals surface area contributed by atoms with E-state index < -0.39 is 0 Å². The van der Waals surface area contributed by atoms with Gasteiger partial charge in [-0.25, -0.2) is 5.84 Å². The fraction of sp³-hybridized carbons (Fsp3) is 0.200. The maximum Gasteiger partial charge on any atom is 0.275 e. The summed E-state index contributed by atoms with van der Waals surface area (Å²) in [6.07, 6.45) is 1.76. The van der Waals surface area contributed by atoms with Gasteiger partial charge in [0, 0.05) is 11.1 Å². The second-order valence-corrected chi connectivity index (χ2v) is 5.07. The number of hydrogen-bond acceptors (Lipinski definition) is 4. The summed E-state index contributed by atoms with van der Waals surface area (Å²) in [4.78, 5) is 12.9. The number of amides is 1. The Morgan fingerprint density at radius 2 is 2.41 bits per heavy atom. The average Bonchev–Trinajstić information content (AvgIpc) is 2.87. The molecule has 2 heterocycles. The Hall–Kier alpha value is -1.37. The molecule has 0 bridgehead atoms. The summed E-state index contributed by atoms with van der Waals surface area (Å²) in [6.45, 7) is 2.44. The van der Waals surface area contributed by atoms with Crippen molar-refractivity contribution in [1.82, 2.24) is 15.2 Å². The van der Waals surface area contributed by atoms with Crippen LogP contribution in [0.2, 0.25) is 5.02 Å². The summed E-state index contributed by atoms with van der Waals surface area (Å²) in [7, 11) is 0. The van der Waals surface area contributed by atoms with Gasteiger partial charge in [-0.2, -0.15) is 5.10 Å². The van der Waals surface area contributed by atoms with Gasteiger partial charge in [0.25, 0.3) is 5.91 Å². The van der Waals surface area contributed by atoms with E-state index in [1.165, 1.54) is 11.3 Å². The number of aromatic nitrogens is 2. The number of aryl methyl sites for hydroxylation is 1. The molecule has 0 spiro atoms. The molecule has 0 saturated carbocycles. The van der Waals surface area contributed by atoms with Crippen molar-refractivity contribution in [3.05, 3.63) is 38.8 Å². The number of carbonyl (C=O) groups is 1. The average molecular weight is 271 g/mol. The van der Waals surface area contributed by atoms with Gasteiger partial charge in [0.05, 0.1) is 22.1 Å². The smallest absolute Gasteiger partial charge is 0.275 e. The van der Waals surface area contributed by atoms with Crippen LogP contribution in [0.15, 0.2) is 18.3 Å². The Balaban J connectivity index is 2.14. The van der Waals surface area contributed by atoms with Crippen molar-refractivity contribution in [2.45, 2.75) is 13.5 Å². The number of nitrogens with zero attached hydrogens (tertiary/aromatic N) is 2. The number of halogens is 1. The monoisotopic (exact) mass is 270 g/mol. The molecule has 3 N–H and O–H groups in total.